The van der Waals surface area contributed by atoms with Crippen LogP contribution >= 0.6 is 0 Å². The fourth-order valence-electron chi connectivity index (χ4n) is 3.79. The number of nitrogens with zero attached hydrogens (tertiary/aromatic N) is 1. The molecular weight excluding hydrogens is 434 g/mol. The second kappa shape index (κ2) is 14.4. The Morgan fingerprint density at radius 3 is 1.88 bits per heavy atom. The first-order valence-corrected chi connectivity index (χ1v) is 11.5. The predicted octanol–water partition coefficient (Wildman–Crippen LogP) is 3.57. The molecule has 0 spiro atoms. The summed E-state index contributed by atoms with van der Waals surface area (Å²) >= 11 is 0. The van der Waals surface area contributed by atoms with Crippen molar-refractivity contribution in [2.75, 3.05) is 73.1 Å². The van der Waals surface area contributed by atoms with Crippen LogP contribution in [0.25, 0.3) is 11.1 Å². The number of carbonyl (C=O) groups is 1. The van der Waals surface area contributed by atoms with Crippen molar-refractivity contribution in [2.45, 2.75) is 5.92 Å². The van der Waals surface area contributed by atoms with Crippen LogP contribution in [0.3, 0.4) is 0 Å². The molecule has 0 unspecified atom stereocenters. The molecule has 0 saturated heterocycles. The lowest BCUT2D eigenvalue weighted by molar-refractivity contribution is -0.000621. The van der Waals surface area contributed by atoms with Gasteiger partial charge in [-0.2, -0.15) is 0 Å². The summed E-state index contributed by atoms with van der Waals surface area (Å²) in [5.74, 6) is 2.45. The number of amides is 1. The summed E-state index contributed by atoms with van der Waals surface area (Å²) in [7, 11) is 1.71. The van der Waals surface area contributed by atoms with Gasteiger partial charge < -0.3 is 28.6 Å². The molecule has 0 N–H and O–H groups in total. The molecule has 1 aliphatic rings. The normalized spacial score (nSPS) is 12.1. The molecule has 0 bridgehead atoms. The molecule has 0 saturated carbocycles. The highest BCUT2D eigenvalue weighted by atomic mass is 16.6. The van der Waals surface area contributed by atoms with Crippen LogP contribution in [-0.2, 0) is 23.7 Å². The van der Waals surface area contributed by atoms with E-state index in [4.69, 9.17) is 30.1 Å². The Labute approximate surface area is 201 Å². The number of fused-ring (bicyclic) bond motifs is 3. The maximum Gasteiger partial charge on any atom is 0.409 e. The van der Waals surface area contributed by atoms with Gasteiger partial charge >= 0.3 is 6.09 Å². The summed E-state index contributed by atoms with van der Waals surface area (Å²) in [5, 5.41) is 0. The van der Waals surface area contributed by atoms with Crippen molar-refractivity contribution in [3.05, 3.63) is 59.7 Å². The summed E-state index contributed by atoms with van der Waals surface area (Å²) in [5.41, 5.74) is 4.82. The van der Waals surface area contributed by atoms with E-state index in [1.54, 1.807) is 7.05 Å². The van der Waals surface area contributed by atoms with Crippen LogP contribution in [0, 0.1) is 12.3 Å². The maximum atomic E-state index is 12.5. The van der Waals surface area contributed by atoms with Crippen LogP contribution in [0.15, 0.2) is 48.5 Å². The average Bonchev–Trinajstić information content (AvgIpc) is 3.19. The van der Waals surface area contributed by atoms with E-state index >= 15 is 0 Å². The Morgan fingerprint density at radius 1 is 0.824 bits per heavy atom. The monoisotopic (exact) mass is 467 g/mol. The van der Waals surface area contributed by atoms with Crippen molar-refractivity contribution >= 4 is 6.09 Å². The topological polar surface area (TPSA) is 66.5 Å². The number of benzene rings is 2. The molecule has 2 aromatic carbocycles. The van der Waals surface area contributed by atoms with Crippen molar-refractivity contribution in [3.8, 4) is 23.5 Å². The highest BCUT2D eigenvalue weighted by Crippen LogP contribution is 2.44. The Hall–Kier alpha value is -2.89. The summed E-state index contributed by atoms with van der Waals surface area (Å²) in [6, 6.07) is 16.6. The van der Waals surface area contributed by atoms with Gasteiger partial charge in [0.1, 0.15) is 13.2 Å². The van der Waals surface area contributed by atoms with Gasteiger partial charge in [-0.1, -0.05) is 54.5 Å². The third-order valence-electron chi connectivity index (χ3n) is 5.52. The molecule has 182 valence electrons. The SMILES string of the molecule is C#CCOCCOCCOCCOCCN(C)C(=O)OCC1c2ccccc2-c2ccccc21. The minimum absolute atomic E-state index is 0.0533. The van der Waals surface area contributed by atoms with Crippen molar-refractivity contribution in [3.63, 3.8) is 0 Å². The second-order valence-electron chi connectivity index (χ2n) is 7.82. The van der Waals surface area contributed by atoms with Gasteiger partial charge in [0, 0.05) is 19.5 Å². The minimum Gasteiger partial charge on any atom is -0.448 e. The van der Waals surface area contributed by atoms with E-state index < -0.39 is 0 Å². The number of ether oxygens (including phenoxy) is 5. The van der Waals surface area contributed by atoms with Gasteiger partial charge in [0.25, 0.3) is 0 Å². The van der Waals surface area contributed by atoms with E-state index in [0.29, 0.717) is 66.0 Å². The minimum atomic E-state index is -0.356. The van der Waals surface area contributed by atoms with E-state index in [1.807, 2.05) is 24.3 Å². The second-order valence-corrected chi connectivity index (χ2v) is 7.82. The average molecular weight is 468 g/mol. The Bertz CT molecular complexity index is 895. The molecule has 0 aliphatic heterocycles. The quantitative estimate of drug-likeness (QED) is 0.295. The van der Waals surface area contributed by atoms with Crippen molar-refractivity contribution in [1.29, 1.82) is 0 Å². The lowest BCUT2D eigenvalue weighted by Crippen LogP contribution is -2.32. The summed E-state index contributed by atoms with van der Waals surface area (Å²) < 4.78 is 27.1. The molecule has 0 radical (unpaired) electrons. The van der Waals surface area contributed by atoms with E-state index in [-0.39, 0.29) is 12.0 Å². The Morgan fingerprint density at radius 2 is 1.32 bits per heavy atom. The van der Waals surface area contributed by atoms with Crippen molar-refractivity contribution in [1.82, 2.24) is 4.90 Å². The lowest BCUT2D eigenvalue weighted by Gasteiger charge is -2.19. The zero-order valence-electron chi connectivity index (χ0n) is 19.7. The Kier molecular flexibility index (Phi) is 10.9. The van der Waals surface area contributed by atoms with E-state index in [0.717, 1.165) is 0 Å². The standard InChI is InChI=1S/C27H33NO6/c1-3-13-30-15-17-32-19-20-33-18-16-31-14-12-28(2)27(29)34-21-26-24-10-6-4-8-22(24)23-9-5-7-11-25(23)26/h1,4-11,26H,12-21H2,2H3. The van der Waals surface area contributed by atoms with Crippen LogP contribution in [-0.4, -0.2) is 84.0 Å². The summed E-state index contributed by atoms with van der Waals surface area (Å²) in [6.07, 6.45) is 4.73. The number of hydrogen-bond donors (Lipinski definition) is 0. The van der Waals surface area contributed by atoms with Crippen LogP contribution in [0.4, 0.5) is 4.79 Å². The number of carbonyl (C=O) groups excluding carboxylic acids is 1. The zero-order valence-corrected chi connectivity index (χ0v) is 19.7. The highest BCUT2D eigenvalue weighted by Gasteiger charge is 2.29. The van der Waals surface area contributed by atoms with Gasteiger partial charge in [-0.3, -0.25) is 0 Å². The van der Waals surface area contributed by atoms with Gasteiger partial charge in [0.05, 0.1) is 46.2 Å². The first-order valence-electron chi connectivity index (χ1n) is 11.5. The molecule has 7 heteroatoms. The maximum absolute atomic E-state index is 12.5. The third-order valence-corrected chi connectivity index (χ3v) is 5.52. The molecule has 0 heterocycles. The number of likely N-dealkylation sites (N-methyl/N-ethyl adjacent to an activating group) is 1. The zero-order chi connectivity index (χ0) is 24.0. The molecule has 1 aliphatic carbocycles. The molecule has 0 aromatic heterocycles. The molecule has 34 heavy (non-hydrogen) atoms. The molecule has 2 aromatic rings. The predicted molar refractivity (Wildman–Crippen MR) is 130 cm³/mol. The number of hydrogen-bond acceptors (Lipinski definition) is 6. The highest BCUT2D eigenvalue weighted by molar-refractivity contribution is 5.79. The lowest BCUT2D eigenvalue weighted by atomic mass is 9.98. The number of rotatable bonds is 15. The molecule has 0 fully saturated rings. The van der Waals surface area contributed by atoms with Gasteiger partial charge in [-0.05, 0) is 22.3 Å². The van der Waals surface area contributed by atoms with Crippen LogP contribution < -0.4 is 0 Å². The molecular formula is C27H33NO6. The fraction of sp³-hybridized carbons (Fsp3) is 0.444. The smallest absolute Gasteiger partial charge is 0.409 e. The first-order chi connectivity index (χ1) is 16.7. The van der Waals surface area contributed by atoms with Gasteiger partial charge in [-0.25, -0.2) is 4.79 Å². The Balaban J connectivity index is 1.26. The van der Waals surface area contributed by atoms with Crippen molar-refractivity contribution in [2.24, 2.45) is 0 Å². The summed E-state index contributed by atoms with van der Waals surface area (Å²) in [4.78, 5) is 14.0. The van der Waals surface area contributed by atoms with E-state index in [1.165, 1.54) is 27.2 Å². The fourth-order valence-corrected chi connectivity index (χ4v) is 3.79. The summed E-state index contributed by atoms with van der Waals surface area (Å²) in [6.45, 7) is 4.31. The van der Waals surface area contributed by atoms with Crippen molar-refractivity contribution < 1.29 is 28.5 Å². The first kappa shape index (κ1) is 25.7. The van der Waals surface area contributed by atoms with Gasteiger partial charge in [0.2, 0.25) is 0 Å². The molecule has 3 rings (SSSR count). The van der Waals surface area contributed by atoms with Crippen LogP contribution in [0.5, 0.6) is 0 Å². The van der Waals surface area contributed by atoms with Crippen LogP contribution in [0.2, 0.25) is 0 Å². The van der Waals surface area contributed by atoms with E-state index in [2.05, 4.69) is 30.2 Å². The molecule has 1 amide bonds. The van der Waals surface area contributed by atoms with E-state index in [9.17, 15) is 4.79 Å². The largest absolute Gasteiger partial charge is 0.448 e. The molecule has 7 nitrogen and oxygen atoms in total. The number of terminal acetylenes is 1. The van der Waals surface area contributed by atoms with Gasteiger partial charge in [-0.15, -0.1) is 6.42 Å². The van der Waals surface area contributed by atoms with Crippen LogP contribution in [0.1, 0.15) is 17.0 Å². The third kappa shape index (κ3) is 7.57. The molecule has 0 atom stereocenters. The van der Waals surface area contributed by atoms with Gasteiger partial charge in [0.15, 0.2) is 0 Å².